The number of nitrogens with two attached hydrogens (primary N) is 1. The normalized spacial score (nSPS) is 11.0. The molecule has 1 aromatic heterocycles. The zero-order valence-electron chi connectivity index (χ0n) is 14.2. The Hall–Kier alpha value is -1.93. The lowest BCUT2D eigenvalue weighted by Crippen LogP contribution is -2.22. The van der Waals surface area contributed by atoms with E-state index in [2.05, 4.69) is 47.3 Å². The quantitative estimate of drug-likeness (QED) is 0.326. The molecule has 0 fully saturated rings. The van der Waals surface area contributed by atoms with Crippen LogP contribution in [0, 0.1) is 13.8 Å². The van der Waals surface area contributed by atoms with Crippen LogP contribution in [0.2, 0.25) is 0 Å². The van der Waals surface area contributed by atoms with E-state index >= 15 is 0 Å². The largest absolute Gasteiger partial charge is 0.370 e. The van der Waals surface area contributed by atoms with Crippen LogP contribution in [0.15, 0.2) is 58.9 Å². The smallest absolute Gasteiger partial charge is 0.193 e. The summed E-state index contributed by atoms with van der Waals surface area (Å²) in [5.41, 5.74) is 11.4. The lowest BCUT2D eigenvalue weighted by atomic mass is 10.1. The number of halogens is 1. The van der Waals surface area contributed by atoms with Crippen molar-refractivity contribution in [2.24, 2.45) is 10.7 Å². The Morgan fingerprint density at radius 2 is 1.80 bits per heavy atom. The SMILES string of the molecule is Cc1cc(C)cc(NC(N)=NCc2csc(-c3ccccc3)n2)c1.I. The number of rotatable bonds is 4. The summed E-state index contributed by atoms with van der Waals surface area (Å²) in [4.78, 5) is 9.00. The second-order valence-corrected chi connectivity index (χ2v) is 6.57. The van der Waals surface area contributed by atoms with E-state index in [1.54, 1.807) is 11.3 Å². The predicted molar refractivity (Wildman–Crippen MR) is 118 cm³/mol. The summed E-state index contributed by atoms with van der Waals surface area (Å²) < 4.78 is 0. The molecule has 3 rings (SSSR count). The van der Waals surface area contributed by atoms with Crippen molar-refractivity contribution in [1.82, 2.24) is 4.98 Å². The van der Waals surface area contributed by atoms with E-state index in [9.17, 15) is 0 Å². The van der Waals surface area contributed by atoms with E-state index in [1.807, 2.05) is 35.7 Å². The summed E-state index contributed by atoms with van der Waals surface area (Å²) in [6.07, 6.45) is 0. The monoisotopic (exact) mass is 464 g/mol. The Bertz CT molecular complexity index is 839. The number of anilines is 1. The molecule has 0 aliphatic rings. The maximum atomic E-state index is 5.99. The third-order valence-corrected chi connectivity index (χ3v) is 4.42. The Kier molecular flexibility index (Phi) is 6.95. The molecule has 0 radical (unpaired) electrons. The first-order valence-electron chi connectivity index (χ1n) is 7.75. The second kappa shape index (κ2) is 8.96. The minimum absolute atomic E-state index is 0. The van der Waals surface area contributed by atoms with Crippen molar-refractivity contribution in [2.45, 2.75) is 20.4 Å². The summed E-state index contributed by atoms with van der Waals surface area (Å²) in [6.45, 7) is 4.59. The first kappa shape index (κ1) is 19.4. The van der Waals surface area contributed by atoms with E-state index in [0.29, 0.717) is 12.5 Å². The highest BCUT2D eigenvalue weighted by atomic mass is 127. The van der Waals surface area contributed by atoms with Crippen LogP contribution >= 0.6 is 35.3 Å². The highest BCUT2D eigenvalue weighted by molar-refractivity contribution is 14.0. The standard InChI is InChI=1S/C19H20N4S.HI/c1-13-8-14(2)10-16(9-13)23-19(20)21-11-17-12-24-18(22-17)15-6-4-3-5-7-15;/h3-10,12H,11H2,1-2H3,(H3,20,21,23);1H. The van der Waals surface area contributed by atoms with Crippen LogP contribution in [-0.2, 0) is 6.54 Å². The molecule has 3 N–H and O–H groups in total. The van der Waals surface area contributed by atoms with Gasteiger partial charge in [0.15, 0.2) is 5.96 Å². The molecule has 25 heavy (non-hydrogen) atoms. The number of guanidine groups is 1. The van der Waals surface area contributed by atoms with Gasteiger partial charge in [-0.2, -0.15) is 0 Å². The van der Waals surface area contributed by atoms with E-state index in [-0.39, 0.29) is 24.0 Å². The molecule has 0 saturated carbocycles. The minimum Gasteiger partial charge on any atom is -0.370 e. The molecule has 0 amide bonds. The van der Waals surface area contributed by atoms with Gasteiger partial charge in [0.1, 0.15) is 5.01 Å². The van der Waals surface area contributed by atoms with Crippen LogP contribution in [0.4, 0.5) is 5.69 Å². The molecular formula is C19H21IN4S. The predicted octanol–water partition coefficient (Wildman–Crippen LogP) is 4.97. The van der Waals surface area contributed by atoms with Crippen molar-refractivity contribution in [3.05, 3.63) is 70.7 Å². The molecule has 1 heterocycles. The van der Waals surface area contributed by atoms with Gasteiger partial charge < -0.3 is 11.1 Å². The Morgan fingerprint density at radius 3 is 2.48 bits per heavy atom. The maximum Gasteiger partial charge on any atom is 0.193 e. The van der Waals surface area contributed by atoms with Gasteiger partial charge in [-0.05, 0) is 37.1 Å². The van der Waals surface area contributed by atoms with Crippen molar-refractivity contribution >= 4 is 47.0 Å². The molecule has 4 nitrogen and oxygen atoms in total. The molecular weight excluding hydrogens is 443 g/mol. The molecule has 130 valence electrons. The number of hydrogen-bond donors (Lipinski definition) is 2. The van der Waals surface area contributed by atoms with Gasteiger partial charge in [0, 0.05) is 16.6 Å². The van der Waals surface area contributed by atoms with Crippen molar-refractivity contribution in [1.29, 1.82) is 0 Å². The number of aryl methyl sites for hydroxylation is 2. The fourth-order valence-electron chi connectivity index (χ4n) is 2.49. The number of aromatic nitrogens is 1. The molecule has 0 aliphatic carbocycles. The molecule has 0 bridgehead atoms. The average molecular weight is 464 g/mol. The first-order valence-corrected chi connectivity index (χ1v) is 8.63. The fraction of sp³-hybridized carbons (Fsp3) is 0.158. The Labute approximate surface area is 169 Å². The fourth-order valence-corrected chi connectivity index (χ4v) is 3.31. The zero-order valence-corrected chi connectivity index (χ0v) is 17.3. The first-order chi connectivity index (χ1) is 11.6. The Morgan fingerprint density at radius 1 is 1.12 bits per heavy atom. The zero-order chi connectivity index (χ0) is 16.9. The highest BCUT2D eigenvalue weighted by Crippen LogP contribution is 2.23. The van der Waals surface area contributed by atoms with Crippen molar-refractivity contribution < 1.29 is 0 Å². The van der Waals surface area contributed by atoms with Crippen LogP contribution in [0.1, 0.15) is 16.8 Å². The van der Waals surface area contributed by atoms with Gasteiger partial charge in [-0.15, -0.1) is 35.3 Å². The van der Waals surface area contributed by atoms with Crippen LogP contribution in [0.3, 0.4) is 0 Å². The Balaban J connectivity index is 0.00000225. The molecule has 0 atom stereocenters. The summed E-state index contributed by atoms with van der Waals surface area (Å²) in [7, 11) is 0. The molecule has 3 aromatic rings. The van der Waals surface area contributed by atoms with E-state index in [4.69, 9.17) is 5.73 Å². The van der Waals surface area contributed by atoms with Crippen LogP contribution in [0.5, 0.6) is 0 Å². The lowest BCUT2D eigenvalue weighted by molar-refractivity contribution is 1.01. The third-order valence-electron chi connectivity index (χ3n) is 3.48. The van der Waals surface area contributed by atoms with Crippen LogP contribution in [-0.4, -0.2) is 10.9 Å². The lowest BCUT2D eigenvalue weighted by Gasteiger charge is -2.07. The summed E-state index contributed by atoms with van der Waals surface area (Å²) in [5, 5.41) is 6.16. The van der Waals surface area contributed by atoms with Gasteiger partial charge in [0.25, 0.3) is 0 Å². The maximum absolute atomic E-state index is 5.99. The summed E-state index contributed by atoms with van der Waals surface area (Å²) in [5.74, 6) is 0.397. The molecule has 0 saturated heterocycles. The molecule has 0 unspecified atom stereocenters. The molecule has 0 spiro atoms. The minimum atomic E-state index is 0. The number of hydrogen-bond acceptors (Lipinski definition) is 3. The van der Waals surface area contributed by atoms with E-state index in [1.165, 1.54) is 11.1 Å². The third kappa shape index (κ3) is 5.54. The number of thiazole rings is 1. The number of nitrogens with one attached hydrogen (secondary N) is 1. The van der Waals surface area contributed by atoms with Gasteiger partial charge in [0.05, 0.1) is 12.2 Å². The summed E-state index contributed by atoms with van der Waals surface area (Å²) >= 11 is 1.62. The highest BCUT2D eigenvalue weighted by Gasteiger charge is 2.04. The van der Waals surface area contributed by atoms with Crippen molar-refractivity contribution in [2.75, 3.05) is 5.32 Å². The number of nitrogens with zero attached hydrogens (tertiary/aromatic N) is 2. The van der Waals surface area contributed by atoms with Crippen molar-refractivity contribution in [3.8, 4) is 10.6 Å². The van der Waals surface area contributed by atoms with E-state index in [0.717, 1.165) is 22.0 Å². The number of benzene rings is 2. The molecule has 2 aromatic carbocycles. The molecule has 0 aliphatic heterocycles. The molecule has 6 heteroatoms. The van der Waals surface area contributed by atoms with E-state index < -0.39 is 0 Å². The van der Waals surface area contributed by atoms with Crippen LogP contribution < -0.4 is 11.1 Å². The van der Waals surface area contributed by atoms with Gasteiger partial charge in [-0.1, -0.05) is 36.4 Å². The topological polar surface area (TPSA) is 63.3 Å². The van der Waals surface area contributed by atoms with Gasteiger partial charge in [0.2, 0.25) is 0 Å². The van der Waals surface area contributed by atoms with Crippen LogP contribution in [0.25, 0.3) is 10.6 Å². The summed E-state index contributed by atoms with van der Waals surface area (Å²) in [6, 6.07) is 16.4. The number of aliphatic imine (C=N–C) groups is 1. The second-order valence-electron chi connectivity index (χ2n) is 5.71. The van der Waals surface area contributed by atoms with Gasteiger partial charge >= 0.3 is 0 Å². The van der Waals surface area contributed by atoms with Gasteiger partial charge in [-0.3, -0.25) is 0 Å². The van der Waals surface area contributed by atoms with Gasteiger partial charge in [-0.25, -0.2) is 9.98 Å². The van der Waals surface area contributed by atoms with Crippen molar-refractivity contribution in [3.63, 3.8) is 0 Å². The average Bonchev–Trinajstić information content (AvgIpc) is 3.02.